The van der Waals surface area contributed by atoms with Gasteiger partial charge in [0.05, 0.1) is 11.3 Å². The van der Waals surface area contributed by atoms with Gasteiger partial charge in [-0.25, -0.2) is 4.79 Å². The minimum Gasteiger partial charge on any atom is -0.478 e. The highest BCUT2D eigenvalue weighted by Gasteiger charge is 2.20. The Kier molecular flexibility index (Phi) is 4.27. The zero-order valence-electron chi connectivity index (χ0n) is 11.9. The van der Waals surface area contributed by atoms with Crippen molar-refractivity contribution in [3.8, 4) is 0 Å². The second-order valence-electron chi connectivity index (χ2n) is 5.17. The summed E-state index contributed by atoms with van der Waals surface area (Å²) in [7, 11) is 0. The van der Waals surface area contributed by atoms with Gasteiger partial charge in [0.2, 0.25) is 5.91 Å². The highest BCUT2D eigenvalue weighted by molar-refractivity contribution is 5.94. The minimum absolute atomic E-state index is 0.0783. The van der Waals surface area contributed by atoms with Crippen LogP contribution in [0.5, 0.6) is 0 Å². The van der Waals surface area contributed by atoms with E-state index in [1.165, 1.54) is 0 Å². The molecule has 1 saturated heterocycles. The van der Waals surface area contributed by atoms with Crippen LogP contribution in [0.1, 0.15) is 29.3 Å². The van der Waals surface area contributed by atoms with Crippen LogP contribution in [0, 0.1) is 6.92 Å². The molecule has 1 aromatic carbocycles. The molecule has 0 radical (unpaired) electrons. The Morgan fingerprint density at radius 3 is 2.55 bits per heavy atom. The first-order chi connectivity index (χ1) is 9.49. The Labute approximate surface area is 118 Å². The summed E-state index contributed by atoms with van der Waals surface area (Å²) >= 11 is 0. The maximum Gasteiger partial charge on any atom is 0.337 e. The number of carboxylic acid groups (broad SMARTS) is 1. The van der Waals surface area contributed by atoms with Gasteiger partial charge in [-0.1, -0.05) is 6.07 Å². The summed E-state index contributed by atoms with van der Waals surface area (Å²) in [5.41, 5.74) is 2.12. The topological polar surface area (TPSA) is 60.9 Å². The van der Waals surface area contributed by atoms with Gasteiger partial charge in [-0.15, -0.1) is 0 Å². The molecule has 5 heteroatoms. The number of aromatic carboxylic acids is 1. The summed E-state index contributed by atoms with van der Waals surface area (Å²) in [4.78, 5) is 26.7. The molecule has 5 nitrogen and oxygen atoms in total. The number of aryl methyl sites for hydroxylation is 1. The molecule has 0 aliphatic carbocycles. The van der Waals surface area contributed by atoms with Crippen molar-refractivity contribution in [1.29, 1.82) is 0 Å². The van der Waals surface area contributed by atoms with Gasteiger partial charge in [0.25, 0.3) is 0 Å². The molecule has 1 heterocycles. The Morgan fingerprint density at radius 2 is 1.90 bits per heavy atom. The molecular weight excluding hydrogens is 256 g/mol. The van der Waals surface area contributed by atoms with Gasteiger partial charge >= 0.3 is 5.97 Å². The Bertz CT molecular complexity index is 528. The molecule has 1 fully saturated rings. The van der Waals surface area contributed by atoms with Crippen LogP contribution < -0.4 is 4.90 Å². The molecule has 0 spiro atoms. The molecular formula is C15H20N2O3. The molecule has 108 valence electrons. The molecule has 0 saturated carbocycles. The highest BCUT2D eigenvalue weighted by atomic mass is 16.4. The number of carboxylic acids is 1. The maximum atomic E-state index is 11.4. The van der Waals surface area contributed by atoms with Crippen molar-refractivity contribution in [2.75, 3.05) is 31.1 Å². The quantitative estimate of drug-likeness (QED) is 0.894. The van der Waals surface area contributed by atoms with Crippen LogP contribution in [0.25, 0.3) is 0 Å². The lowest BCUT2D eigenvalue weighted by molar-refractivity contribution is -0.128. The molecule has 0 aromatic heterocycles. The first-order valence-electron chi connectivity index (χ1n) is 6.83. The third-order valence-electron chi connectivity index (χ3n) is 3.67. The van der Waals surface area contributed by atoms with E-state index in [0.717, 1.165) is 30.8 Å². The van der Waals surface area contributed by atoms with Gasteiger partial charge in [0.1, 0.15) is 0 Å². The summed E-state index contributed by atoms with van der Waals surface area (Å²) in [6.07, 6.45) is 0.854. The predicted molar refractivity (Wildman–Crippen MR) is 77.2 cm³/mol. The molecule has 0 unspecified atom stereocenters. The smallest absolute Gasteiger partial charge is 0.337 e. The Balaban J connectivity index is 2.25. The van der Waals surface area contributed by atoms with Crippen molar-refractivity contribution in [1.82, 2.24) is 4.90 Å². The van der Waals surface area contributed by atoms with Gasteiger partial charge in [-0.05, 0) is 31.0 Å². The second-order valence-corrected chi connectivity index (χ2v) is 5.17. The van der Waals surface area contributed by atoms with Crippen LogP contribution in [0.3, 0.4) is 0 Å². The maximum absolute atomic E-state index is 11.4. The fraction of sp³-hybridized carbons (Fsp3) is 0.467. The number of carbonyl (C=O) groups is 2. The molecule has 20 heavy (non-hydrogen) atoms. The highest BCUT2D eigenvalue weighted by Crippen LogP contribution is 2.23. The lowest BCUT2D eigenvalue weighted by atomic mass is 10.1. The fourth-order valence-electron chi connectivity index (χ4n) is 2.56. The minimum atomic E-state index is -0.910. The van der Waals surface area contributed by atoms with E-state index in [1.807, 2.05) is 24.0 Å². The van der Waals surface area contributed by atoms with E-state index in [4.69, 9.17) is 0 Å². The first-order valence-corrected chi connectivity index (χ1v) is 6.83. The summed E-state index contributed by atoms with van der Waals surface area (Å²) in [6.45, 7) is 6.35. The van der Waals surface area contributed by atoms with Crippen LogP contribution in [0.2, 0.25) is 0 Å². The number of anilines is 1. The van der Waals surface area contributed by atoms with Crippen LogP contribution in [-0.2, 0) is 4.79 Å². The van der Waals surface area contributed by atoms with Crippen molar-refractivity contribution in [3.63, 3.8) is 0 Å². The Hall–Kier alpha value is -2.04. The number of amides is 1. The van der Waals surface area contributed by atoms with Gasteiger partial charge in [0, 0.05) is 33.1 Å². The lowest BCUT2D eigenvalue weighted by Crippen LogP contribution is -2.34. The molecule has 0 atom stereocenters. The molecule has 1 aromatic rings. The van der Waals surface area contributed by atoms with Gasteiger partial charge in [0.15, 0.2) is 0 Å². The third kappa shape index (κ3) is 3.10. The number of hydrogen-bond acceptors (Lipinski definition) is 3. The normalized spacial score (nSPS) is 15.9. The van der Waals surface area contributed by atoms with E-state index in [1.54, 1.807) is 13.0 Å². The van der Waals surface area contributed by atoms with Crippen LogP contribution >= 0.6 is 0 Å². The predicted octanol–water partition coefficient (Wildman–Crippen LogP) is 1.75. The van der Waals surface area contributed by atoms with E-state index < -0.39 is 5.97 Å². The summed E-state index contributed by atoms with van der Waals surface area (Å²) < 4.78 is 0. The second kappa shape index (κ2) is 5.94. The van der Waals surface area contributed by atoms with Crippen LogP contribution in [0.15, 0.2) is 18.2 Å². The van der Waals surface area contributed by atoms with Crippen molar-refractivity contribution in [3.05, 3.63) is 29.3 Å². The molecule has 2 rings (SSSR count). The molecule has 1 aliphatic heterocycles. The zero-order chi connectivity index (χ0) is 14.7. The van der Waals surface area contributed by atoms with E-state index >= 15 is 0 Å². The molecule has 0 bridgehead atoms. The fourth-order valence-corrected chi connectivity index (χ4v) is 2.56. The van der Waals surface area contributed by atoms with Crippen LogP contribution in [-0.4, -0.2) is 48.1 Å². The SMILES string of the molecule is CC(=O)N1CCCN(c2cc(C)ccc2C(=O)O)CC1. The monoisotopic (exact) mass is 276 g/mol. The summed E-state index contributed by atoms with van der Waals surface area (Å²) in [6, 6.07) is 5.38. The van der Waals surface area contributed by atoms with E-state index in [0.29, 0.717) is 18.7 Å². The number of benzene rings is 1. The van der Waals surface area contributed by atoms with Crippen molar-refractivity contribution in [2.24, 2.45) is 0 Å². The van der Waals surface area contributed by atoms with Gasteiger partial charge in [-0.2, -0.15) is 0 Å². The molecule has 1 amide bonds. The number of nitrogens with zero attached hydrogens (tertiary/aromatic N) is 2. The van der Waals surface area contributed by atoms with E-state index in [9.17, 15) is 14.7 Å². The number of carbonyl (C=O) groups excluding carboxylic acids is 1. The van der Waals surface area contributed by atoms with E-state index in [2.05, 4.69) is 4.90 Å². The summed E-state index contributed by atoms with van der Waals surface area (Å²) in [5.74, 6) is -0.831. The largest absolute Gasteiger partial charge is 0.478 e. The van der Waals surface area contributed by atoms with E-state index in [-0.39, 0.29) is 5.91 Å². The standard InChI is InChI=1S/C15H20N2O3/c1-11-4-5-13(15(19)20)14(10-11)17-7-3-6-16(8-9-17)12(2)18/h4-5,10H,3,6-9H2,1-2H3,(H,19,20). The number of rotatable bonds is 2. The summed E-state index contributed by atoms with van der Waals surface area (Å²) in [5, 5.41) is 9.31. The van der Waals surface area contributed by atoms with Crippen molar-refractivity contribution in [2.45, 2.75) is 20.3 Å². The Morgan fingerprint density at radius 1 is 1.15 bits per heavy atom. The first kappa shape index (κ1) is 14.4. The van der Waals surface area contributed by atoms with Crippen molar-refractivity contribution < 1.29 is 14.7 Å². The van der Waals surface area contributed by atoms with Crippen molar-refractivity contribution >= 4 is 17.6 Å². The average Bonchev–Trinajstić information content (AvgIpc) is 2.63. The number of hydrogen-bond donors (Lipinski definition) is 1. The van der Waals surface area contributed by atoms with Crippen LogP contribution in [0.4, 0.5) is 5.69 Å². The third-order valence-corrected chi connectivity index (χ3v) is 3.67. The molecule has 1 aliphatic rings. The molecule has 1 N–H and O–H groups in total. The van der Waals surface area contributed by atoms with Gasteiger partial charge in [-0.3, -0.25) is 4.79 Å². The van der Waals surface area contributed by atoms with Gasteiger partial charge < -0.3 is 14.9 Å². The average molecular weight is 276 g/mol. The lowest BCUT2D eigenvalue weighted by Gasteiger charge is -2.25. The zero-order valence-corrected chi connectivity index (χ0v) is 11.9.